The standard InChI is InChI=1S/C33H40N4O3.C2H6/c1-22(21-37-17-14-26(15-18-37)25-7-9-27(10-8-25)32(38)36(5)6)19-23(2)29(13-16-35-4)28-11-12-31(34)30(20-28)24(3)33(39)40;1-2/h7-13,16,19-20,26H,2-3,14-15,17-18,21,34H2,1,4-6H3,(H,39,40);1-2H3/b22-19+,29-13+,35-16?;. The highest BCUT2D eigenvalue weighted by Crippen LogP contribution is 2.31. The second-order valence-corrected chi connectivity index (χ2v) is 10.5. The molecule has 1 aliphatic rings. The number of anilines is 1. The van der Waals surface area contributed by atoms with Crippen LogP contribution in [0.5, 0.6) is 0 Å². The van der Waals surface area contributed by atoms with E-state index in [9.17, 15) is 14.7 Å². The molecule has 0 saturated carbocycles. The lowest BCUT2D eigenvalue weighted by molar-refractivity contribution is -0.130. The van der Waals surface area contributed by atoms with Gasteiger partial charge in [-0.25, -0.2) is 4.79 Å². The van der Waals surface area contributed by atoms with Crippen LogP contribution < -0.4 is 5.73 Å². The van der Waals surface area contributed by atoms with E-state index >= 15 is 0 Å². The first kappa shape index (κ1) is 34.0. The summed E-state index contributed by atoms with van der Waals surface area (Å²) in [6.45, 7) is 16.9. The lowest BCUT2D eigenvalue weighted by Crippen LogP contribution is -2.34. The van der Waals surface area contributed by atoms with Crippen LogP contribution in [0.25, 0.3) is 11.1 Å². The summed E-state index contributed by atoms with van der Waals surface area (Å²) >= 11 is 0. The van der Waals surface area contributed by atoms with Crippen LogP contribution in [0.15, 0.2) is 83.9 Å². The molecule has 0 radical (unpaired) electrons. The number of nitrogens with two attached hydrogens (primary N) is 1. The molecule has 1 amide bonds. The van der Waals surface area contributed by atoms with Crippen LogP contribution in [0.2, 0.25) is 0 Å². The van der Waals surface area contributed by atoms with Crippen molar-refractivity contribution in [3.05, 3.63) is 101 Å². The summed E-state index contributed by atoms with van der Waals surface area (Å²) in [6, 6.07) is 13.3. The van der Waals surface area contributed by atoms with Gasteiger partial charge in [0.25, 0.3) is 5.91 Å². The average molecular weight is 571 g/mol. The molecule has 1 fully saturated rings. The van der Waals surface area contributed by atoms with Crippen molar-refractivity contribution >= 4 is 34.9 Å². The minimum atomic E-state index is -1.11. The number of carbonyl (C=O) groups is 2. The van der Waals surface area contributed by atoms with E-state index in [1.165, 1.54) is 11.1 Å². The van der Waals surface area contributed by atoms with Gasteiger partial charge in [0, 0.05) is 50.7 Å². The van der Waals surface area contributed by atoms with Crippen LogP contribution in [-0.4, -0.2) is 73.8 Å². The Kier molecular flexibility index (Phi) is 13.2. The number of allylic oxidation sites excluding steroid dienone is 4. The van der Waals surface area contributed by atoms with Crippen molar-refractivity contribution < 1.29 is 14.7 Å². The summed E-state index contributed by atoms with van der Waals surface area (Å²) in [5.41, 5.74) is 12.3. The Labute approximate surface area is 251 Å². The van der Waals surface area contributed by atoms with E-state index in [1.807, 2.05) is 38.1 Å². The second kappa shape index (κ2) is 16.3. The molecule has 0 unspecified atom stereocenters. The number of carbonyl (C=O) groups excluding carboxylic acids is 1. The molecule has 0 aliphatic carbocycles. The van der Waals surface area contributed by atoms with Crippen molar-refractivity contribution in [2.24, 2.45) is 4.99 Å². The Bertz CT molecular complexity index is 1360. The van der Waals surface area contributed by atoms with E-state index in [-0.39, 0.29) is 11.5 Å². The van der Waals surface area contributed by atoms with E-state index in [1.54, 1.807) is 44.4 Å². The number of nitrogen functional groups attached to an aromatic ring is 1. The molecule has 3 rings (SSSR count). The molecule has 1 heterocycles. The summed E-state index contributed by atoms with van der Waals surface area (Å²) in [7, 11) is 5.23. The van der Waals surface area contributed by atoms with Crippen LogP contribution in [0.1, 0.15) is 66.6 Å². The third kappa shape index (κ3) is 9.14. The lowest BCUT2D eigenvalue weighted by atomic mass is 9.88. The van der Waals surface area contributed by atoms with Crippen molar-refractivity contribution in [1.29, 1.82) is 0 Å². The SMILES string of the molecule is C=C(/C=C(\C)CN1CCC(c2ccc(C(=O)N(C)C)cc2)CC1)/C(=C\C=NC)c1ccc(N)c(C(=C)C(=O)O)c1.CC. The fourth-order valence-corrected chi connectivity index (χ4v) is 4.99. The van der Waals surface area contributed by atoms with Gasteiger partial charge in [0.05, 0.1) is 5.57 Å². The molecule has 0 spiro atoms. The first-order valence-corrected chi connectivity index (χ1v) is 14.4. The monoisotopic (exact) mass is 570 g/mol. The predicted octanol–water partition coefficient (Wildman–Crippen LogP) is 6.56. The Balaban J connectivity index is 0.00000301. The number of benzene rings is 2. The summed E-state index contributed by atoms with van der Waals surface area (Å²) in [5, 5.41) is 9.41. The van der Waals surface area contributed by atoms with Gasteiger partial charge in [-0.15, -0.1) is 0 Å². The van der Waals surface area contributed by atoms with E-state index < -0.39 is 5.97 Å². The van der Waals surface area contributed by atoms with Gasteiger partial charge < -0.3 is 15.7 Å². The molecule has 42 heavy (non-hydrogen) atoms. The number of nitrogens with zero attached hydrogens (tertiary/aromatic N) is 3. The van der Waals surface area contributed by atoms with Crippen LogP contribution >= 0.6 is 0 Å². The van der Waals surface area contributed by atoms with Crippen LogP contribution in [0.4, 0.5) is 5.69 Å². The average Bonchev–Trinajstić information content (AvgIpc) is 2.98. The van der Waals surface area contributed by atoms with E-state index in [0.717, 1.165) is 49.2 Å². The largest absolute Gasteiger partial charge is 0.478 e. The molecule has 7 nitrogen and oxygen atoms in total. The van der Waals surface area contributed by atoms with Crippen molar-refractivity contribution in [2.45, 2.75) is 39.5 Å². The number of aliphatic carboxylic acids is 1. The van der Waals surface area contributed by atoms with Gasteiger partial charge in [0.1, 0.15) is 0 Å². The highest BCUT2D eigenvalue weighted by molar-refractivity contribution is 6.16. The minimum absolute atomic E-state index is 0.0211. The summed E-state index contributed by atoms with van der Waals surface area (Å²) < 4.78 is 0. The molecule has 2 aromatic rings. The second-order valence-electron chi connectivity index (χ2n) is 10.5. The van der Waals surface area contributed by atoms with Gasteiger partial charge in [-0.1, -0.05) is 56.9 Å². The van der Waals surface area contributed by atoms with E-state index in [2.05, 4.69) is 48.2 Å². The molecule has 1 aliphatic heterocycles. The van der Waals surface area contributed by atoms with Gasteiger partial charge in [-0.05, 0) is 91.4 Å². The molecular weight excluding hydrogens is 524 g/mol. The highest BCUT2D eigenvalue weighted by atomic mass is 16.4. The van der Waals surface area contributed by atoms with Crippen molar-refractivity contribution in [2.75, 3.05) is 46.5 Å². The quantitative estimate of drug-likeness (QED) is 0.146. The Morgan fingerprint density at radius 3 is 2.21 bits per heavy atom. The maximum Gasteiger partial charge on any atom is 0.335 e. The summed E-state index contributed by atoms with van der Waals surface area (Å²) in [6.07, 6.45) is 7.77. The molecule has 3 N–H and O–H groups in total. The maximum absolute atomic E-state index is 12.2. The molecule has 0 aromatic heterocycles. The Morgan fingerprint density at radius 1 is 1.07 bits per heavy atom. The zero-order valence-corrected chi connectivity index (χ0v) is 26.0. The smallest absolute Gasteiger partial charge is 0.335 e. The predicted molar refractivity (Wildman–Crippen MR) is 177 cm³/mol. The van der Waals surface area contributed by atoms with Crippen LogP contribution in [0.3, 0.4) is 0 Å². The Morgan fingerprint density at radius 2 is 1.67 bits per heavy atom. The third-order valence-corrected chi connectivity index (χ3v) is 7.20. The number of amides is 1. The first-order chi connectivity index (χ1) is 20.0. The first-order valence-electron chi connectivity index (χ1n) is 14.4. The summed E-state index contributed by atoms with van der Waals surface area (Å²) in [4.78, 5) is 31.8. The van der Waals surface area contributed by atoms with Crippen molar-refractivity contribution in [3.63, 3.8) is 0 Å². The zero-order chi connectivity index (χ0) is 31.4. The van der Waals surface area contributed by atoms with Crippen LogP contribution in [0, 0.1) is 0 Å². The number of carboxylic acids is 1. The van der Waals surface area contributed by atoms with Crippen LogP contribution in [-0.2, 0) is 4.79 Å². The molecular formula is C35H46N4O3. The van der Waals surface area contributed by atoms with Gasteiger partial charge in [-0.2, -0.15) is 0 Å². The number of rotatable bonds is 10. The number of hydrogen-bond donors (Lipinski definition) is 2. The molecule has 0 bridgehead atoms. The van der Waals surface area contributed by atoms with Gasteiger partial charge >= 0.3 is 5.97 Å². The number of carboxylic acid groups (broad SMARTS) is 1. The fraction of sp³-hybridized carbons (Fsp3) is 0.343. The van der Waals surface area contributed by atoms with E-state index in [4.69, 9.17) is 5.73 Å². The third-order valence-electron chi connectivity index (χ3n) is 7.20. The topological polar surface area (TPSA) is 99.2 Å². The maximum atomic E-state index is 12.2. The Hall–Kier alpha value is -4.23. The number of likely N-dealkylation sites (tertiary alicyclic amines) is 1. The zero-order valence-electron chi connectivity index (χ0n) is 26.0. The van der Waals surface area contributed by atoms with E-state index in [0.29, 0.717) is 22.7 Å². The molecule has 1 saturated heterocycles. The number of hydrogen-bond acceptors (Lipinski definition) is 5. The number of aliphatic imine (C=N–C) groups is 1. The molecule has 7 heteroatoms. The fourth-order valence-electron chi connectivity index (χ4n) is 4.99. The molecule has 0 atom stereocenters. The van der Waals surface area contributed by atoms with Crippen molar-refractivity contribution in [1.82, 2.24) is 9.80 Å². The number of piperidine rings is 1. The van der Waals surface area contributed by atoms with Gasteiger partial charge in [0.2, 0.25) is 0 Å². The minimum Gasteiger partial charge on any atom is -0.478 e. The highest BCUT2D eigenvalue weighted by Gasteiger charge is 2.21. The van der Waals surface area contributed by atoms with Gasteiger partial charge in [-0.3, -0.25) is 14.7 Å². The summed E-state index contributed by atoms with van der Waals surface area (Å²) in [5.74, 6) is -0.603. The van der Waals surface area contributed by atoms with Crippen molar-refractivity contribution in [3.8, 4) is 0 Å². The molecule has 224 valence electrons. The van der Waals surface area contributed by atoms with Gasteiger partial charge in [0.15, 0.2) is 0 Å². The lowest BCUT2D eigenvalue weighted by Gasteiger charge is -2.32. The molecule has 2 aromatic carbocycles. The normalized spacial score (nSPS) is 14.7.